The number of hydrogen-bond acceptors (Lipinski definition) is 6. The molecule has 1 aromatic heterocycles. The summed E-state index contributed by atoms with van der Waals surface area (Å²) in [5, 5.41) is 5.92. The summed E-state index contributed by atoms with van der Waals surface area (Å²) in [6, 6.07) is 8.88. The van der Waals surface area contributed by atoms with Crippen LogP contribution in [-0.4, -0.2) is 54.6 Å². The van der Waals surface area contributed by atoms with Crippen LogP contribution >= 0.6 is 0 Å². The van der Waals surface area contributed by atoms with E-state index in [9.17, 15) is 4.79 Å². The van der Waals surface area contributed by atoms with Gasteiger partial charge in [-0.1, -0.05) is 12.1 Å². The number of carbonyl (C=O) groups is 1. The third-order valence-corrected chi connectivity index (χ3v) is 3.17. The fourth-order valence-electron chi connectivity index (χ4n) is 2.00. The van der Waals surface area contributed by atoms with Gasteiger partial charge in [0.15, 0.2) is 0 Å². The molecule has 0 aliphatic carbocycles. The predicted molar refractivity (Wildman–Crippen MR) is 94.6 cm³/mol. The van der Waals surface area contributed by atoms with Crippen LogP contribution in [0.2, 0.25) is 0 Å². The highest BCUT2D eigenvalue weighted by molar-refractivity contribution is 6.03. The normalized spacial score (nSPS) is 10.5. The minimum atomic E-state index is -0.305. The Labute approximate surface area is 142 Å². The van der Waals surface area contributed by atoms with Crippen LogP contribution in [0, 0.1) is 0 Å². The molecule has 0 bridgehead atoms. The molecule has 2 rings (SSSR count). The van der Waals surface area contributed by atoms with E-state index in [4.69, 9.17) is 4.74 Å². The van der Waals surface area contributed by atoms with Gasteiger partial charge in [-0.05, 0) is 39.2 Å². The van der Waals surface area contributed by atoms with Crippen LogP contribution < -0.4 is 15.4 Å². The molecule has 0 aliphatic heterocycles. The van der Waals surface area contributed by atoms with Crippen molar-refractivity contribution in [3.05, 3.63) is 42.2 Å². The van der Waals surface area contributed by atoms with Gasteiger partial charge >= 0.3 is 0 Å². The van der Waals surface area contributed by atoms with Crippen molar-refractivity contribution in [2.45, 2.75) is 6.92 Å². The molecular formula is C17H23N5O2. The van der Waals surface area contributed by atoms with Crippen molar-refractivity contribution in [1.29, 1.82) is 0 Å². The minimum Gasteiger partial charge on any atom is -0.492 e. The Balaban J connectivity index is 2.05. The maximum Gasteiger partial charge on any atom is 0.274 e. The van der Waals surface area contributed by atoms with Crippen molar-refractivity contribution in [2.24, 2.45) is 0 Å². The summed E-state index contributed by atoms with van der Waals surface area (Å²) >= 11 is 0. The molecule has 2 N–H and O–H groups in total. The molecule has 0 atom stereocenters. The summed E-state index contributed by atoms with van der Waals surface area (Å²) in [6.07, 6.45) is 1.56. The molecule has 0 aliphatic rings. The lowest BCUT2D eigenvalue weighted by Gasteiger charge is -2.12. The number of para-hydroxylation sites is 2. The molecule has 0 radical (unpaired) electrons. The van der Waals surface area contributed by atoms with E-state index in [0.29, 0.717) is 36.2 Å². The molecule has 1 aromatic carbocycles. The van der Waals surface area contributed by atoms with Crippen molar-refractivity contribution in [2.75, 3.05) is 44.4 Å². The molecule has 24 heavy (non-hydrogen) atoms. The van der Waals surface area contributed by atoms with Crippen LogP contribution in [0.25, 0.3) is 0 Å². The monoisotopic (exact) mass is 329 g/mol. The number of likely N-dealkylation sites (N-methyl/N-ethyl adjacent to an activating group) is 1. The first-order valence-corrected chi connectivity index (χ1v) is 7.85. The number of aromatic nitrogens is 2. The molecule has 1 amide bonds. The van der Waals surface area contributed by atoms with Crippen LogP contribution in [0.4, 0.5) is 11.6 Å². The SMILES string of the molecule is CCOc1ccccc1NC(=O)c1ccnc(NCCN(C)C)n1. The molecule has 0 fully saturated rings. The highest BCUT2D eigenvalue weighted by Crippen LogP contribution is 2.24. The molecule has 7 heteroatoms. The zero-order valence-corrected chi connectivity index (χ0v) is 14.2. The average Bonchev–Trinajstić information content (AvgIpc) is 2.57. The molecule has 2 aromatic rings. The van der Waals surface area contributed by atoms with E-state index >= 15 is 0 Å². The van der Waals surface area contributed by atoms with Gasteiger partial charge in [-0.25, -0.2) is 9.97 Å². The van der Waals surface area contributed by atoms with Crippen LogP contribution in [-0.2, 0) is 0 Å². The van der Waals surface area contributed by atoms with E-state index in [2.05, 4.69) is 20.6 Å². The lowest BCUT2D eigenvalue weighted by molar-refractivity contribution is 0.102. The zero-order valence-electron chi connectivity index (χ0n) is 14.2. The van der Waals surface area contributed by atoms with Crippen LogP contribution in [0.3, 0.4) is 0 Å². The number of nitrogens with one attached hydrogen (secondary N) is 2. The van der Waals surface area contributed by atoms with Gasteiger partial charge in [0.1, 0.15) is 11.4 Å². The number of hydrogen-bond donors (Lipinski definition) is 2. The second-order valence-corrected chi connectivity index (χ2v) is 5.38. The topological polar surface area (TPSA) is 79.4 Å². The first-order valence-electron chi connectivity index (χ1n) is 7.85. The molecule has 1 heterocycles. The van der Waals surface area contributed by atoms with Crippen LogP contribution in [0.1, 0.15) is 17.4 Å². The summed E-state index contributed by atoms with van der Waals surface area (Å²) in [4.78, 5) is 22.8. The number of benzene rings is 1. The van der Waals surface area contributed by atoms with Gasteiger partial charge in [-0.3, -0.25) is 4.79 Å². The molecule has 0 saturated heterocycles. The number of anilines is 2. The largest absolute Gasteiger partial charge is 0.492 e. The highest BCUT2D eigenvalue weighted by atomic mass is 16.5. The number of amides is 1. The van der Waals surface area contributed by atoms with Crippen molar-refractivity contribution >= 4 is 17.5 Å². The summed E-state index contributed by atoms with van der Waals surface area (Å²) < 4.78 is 5.51. The lowest BCUT2D eigenvalue weighted by atomic mass is 10.2. The Hall–Kier alpha value is -2.67. The van der Waals surface area contributed by atoms with Gasteiger partial charge in [0.25, 0.3) is 5.91 Å². The summed E-state index contributed by atoms with van der Waals surface area (Å²) in [7, 11) is 3.98. The van der Waals surface area contributed by atoms with Gasteiger partial charge in [-0.15, -0.1) is 0 Å². The Morgan fingerprint density at radius 1 is 1.25 bits per heavy atom. The summed E-state index contributed by atoms with van der Waals surface area (Å²) in [5.41, 5.74) is 0.911. The smallest absolute Gasteiger partial charge is 0.274 e. The van der Waals surface area contributed by atoms with Crippen molar-refractivity contribution < 1.29 is 9.53 Å². The number of ether oxygens (including phenoxy) is 1. The van der Waals surface area contributed by atoms with Gasteiger partial charge in [-0.2, -0.15) is 0 Å². The van der Waals surface area contributed by atoms with Gasteiger partial charge in [0.2, 0.25) is 5.95 Å². The molecule has 0 unspecified atom stereocenters. The maximum atomic E-state index is 12.4. The minimum absolute atomic E-state index is 0.295. The highest BCUT2D eigenvalue weighted by Gasteiger charge is 2.12. The number of nitrogens with zero attached hydrogens (tertiary/aromatic N) is 3. The van der Waals surface area contributed by atoms with Crippen LogP contribution in [0.15, 0.2) is 36.5 Å². The standard InChI is InChI=1S/C17H23N5O2/c1-4-24-15-8-6-5-7-13(15)20-16(23)14-9-10-18-17(21-14)19-11-12-22(2)3/h5-10H,4,11-12H2,1-3H3,(H,20,23)(H,18,19,21). The number of carbonyl (C=O) groups excluding carboxylic acids is 1. The van der Waals surface area contributed by atoms with Crippen molar-refractivity contribution in [3.63, 3.8) is 0 Å². The quantitative estimate of drug-likeness (QED) is 0.772. The molecule has 0 spiro atoms. The summed E-state index contributed by atoms with van der Waals surface area (Å²) in [5.74, 6) is 0.759. The predicted octanol–water partition coefficient (Wildman–Crippen LogP) is 2.10. The third kappa shape index (κ3) is 5.20. The van der Waals surface area contributed by atoms with Crippen molar-refractivity contribution in [3.8, 4) is 5.75 Å². The van der Waals surface area contributed by atoms with E-state index in [-0.39, 0.29) is 5.91 Å². The van der Waals surface area contributed by atoms with E-state index in [0.717, 1.165) is 6.54 Å². The third-order valence-electron chi connectivity index (χ3n) is 3.17. The first-order chi connectivity index (χ1) is 11.6. The fourth-order valence-corrected chi connectivity index (χ4v) is 2.00. The molecular weight excluding hydrogens is 306 g/mol. The number of rotatable bonds is 8. The van der Waals surface area contributed by atoms with Crippen LogP contribution in [0.5, 0.6) is 5.75 Å². The second kappa shape index (κ2) is 8.83. The Morgan fingerprint density at radius 2 is 2.04 bits per heavy atom. The zero-order chi connectivity index (χ0) is 17.4. The van der Waals surface area contributed by atoms with Gasteiger partial charge < -0.3 is 20.3 Å². The Kier molecular flexibility index (Phi) is 6.51. The molecule has 128 valence electrons. The Morgan fingerprint density at radius 3 is 2.79 bits per heavy atom. The van der Waals surface area contributed by atoms with E-state index < -0.39 is 0 Å². The van der Waals surface area contributed by atoms with Gasteiger partial charge in [0.05, 0.1) is 12.3 Å². The second-order valence-electron chi connectivity index (χ2n) is 5.38. The lowest BCUT2D eigenvalue weighted by Crippen LogP contribution is -2.22. The van der Waals surface area contributed by atoms with E-state index in [1.807, 2.05) is 44.1 Å². The average molecular weight is 329 g/mol. The first kappa shape index (κ1) is 17.7. The van der Waals surface area contributed by atoms with E-state index in [1.54, 1.807) is 18.3 Å². The molecule has 0 saturated carbocycles. The fraction of sp³-hybridized carbons (Fsp3) is 0.353. The Bertz CT molecular complexity index is 676. The van der Waals surface area contributed by atoms with E-state index in [1.165, 1.54) is 0 Å². The maximum absolute atomic E-state index is 12.4. The van der Waals surface area contributed by atoms with Crippen molar-refractivity contribution in [1.82, 2.24) is 14.9 Å². The van der Waals surface area contributed by atoms with Gasteiger partial charge in [0, 0.05) is 19.3 Å². The summed E-state index contributed by atoms with van der Waals surface area (Å²) in [6.45, 7) is 3.97. The molecule has 7 nitrogen and oxygen atoms in total.